The molecule has 302 valence electrons. The van der Waals surface area contributed by atoms with E-state index in [1.165, 1.54) is 72.8 Å². The normalized spacial score (nSPS) is 18.2. The Labute approximate surface area is 367 Å². The van der Waals surface area contributed by atoms with Crippen molar-refractivity contribution in [3.63, 3.8) is 0 Å². The van der Waals surface area contributed by atoms with Crippen molar-refractivity contribution in [2.75, 3.05) is 9.80 Å². The zero-order valence-corrected chi connectivity index (χ0v) is 35.2. The minimum Gasteiger partial charge on any atom is -0.338 e. The van der Waals surface area contributed by atoms with Crippen molar-refractivity contribution in [3.05, 3.63) is 253 Å². The molecule has 2 heteroatoms. The molecule has 0 aliphatic heterocycles. The molecule has 0 radical (unpaired) electrons. The van der Waals surface area contributed by atoms with Gasteiger partial charge >= 0.3 is 0 Å². The van der Waals surface area contributed by atoms with Gasteiger partial charge in [-0.25, -0.2) is 0 Å². The average Bonchev–Trinajstić information content (AvgIpc) is 3.36. The molecular weight excluding hydrogens is 749 g/mol. The van der Waals surface area contributed by atoms with Crippen LogP contribution in [0.25, 0.3) is 33.4 Å². The van der Waals surface area contributed by atoms with Gasteiger partial charge < -0.3 is 9.80 Å². The summed E-state index contributed by atoms with van der Waals surface area (Å²) in [5.74, 6) is 0.465. The Balaban J connectivity index is 0.874. The van der Waals surface area contributed by atoms with Crippen LogP contribution in [0.3, 0.4) is 0 Å². The molecule has 3 aliphatic rings. The maximum absolute atomic E-state index is 2.57. The predicted molar refractivity (Wildman–Crippen MR) is 264 cm³/mol. The molecular formula is C60H52N2. The molecule has 2 nitrogen and oxygen atoms in total. The fourth-order valence-corrected chi connectivity index (χ4v) is 9.50. The molecule has 7 aromatic carbocycles. The van der Waals surface area contributed by atoms with E-state index in [2.05, 4.69) is 246 Å². The Bertz CT molecular complexity index is 2720. The molecule has 7 aromatic rings. The van der Waals surface area contributed by atoms with Crippen LogP contribution < -0.4 is 9.80 Å². The van der Waals surface area contributed by atoms with Crippen molar-refractivity contribution in [3.8, 4) is 22.3 Å². The van der Waals surface area contributed by atoms with E-state index in [1.54, 1.807) is 0 Å². The summed E-state index contributed by atoms with van der Waals surface area (Å²) in [5, 5.41) is 0. The lowest BCUT2D eigenvalue weighted by Crippen LogP contribution is -2.32. The van der Waals surface area contributed by atoms with Crippen molar-refractivity contribution >= 4 is 33.9 Å². The zero-order chi connectivity index (χ0) is 41.5. The van der Waals surface area contributed by atoms with Crippen LogP contribution in [0.5, 0.6) is 0 Å². The van der Waals surface area contributed by atoms with Gasteiger partial charge in [-0.3, -0.25) is 0 Å². The van der Waals surface area contributed by atoms with Gasteiger partial charge in [0.15, 0.2) is 0 Å². The number of hydrogen-bond acceptors (Lipinski definition) is 2. The van der Waals surface area contributed by atoms with E-state index in [9.17, 15) is 0 Å². The highest BCUT2D eigenvalue weighted by Gasteiger charge is 2.25. The Morgan fingerprint density at radius 3 is 1.44 bits per heavy atom. The smallest absolute Gasteiger partial charge is 0.0560 e. The van der Waals surface area contributed by atoms with Crippen LogP contribution in [0, 0.1) is 0 Å². The van der Waals surface area contributed by atoms with Crippen LogP contribution in [0.2, 0.25) is 0 Å². The summed E-state index contributed by atoms with van der Waals surface area (Å²) in [4.78, 5) is 5.05. The molecule has 10 rings (SSSR count). The van der Waals surface area contributed by atoms with Gasteiger partial charge in [0, 0.05) is 34.7 Å². The summed E-state index contributed by atoms with van der Waals surface area (Å²) in [6, 6.07) is 69.6. The fraction of sp³-hybridized carbons (Fsp3) is 0.133. The molecule has 0 spiro atoms. The molecule has 0 N–H and O–H groups in total. The second-order valence-corrected chi connectivity index (χ2v) is 16.7. The van der Waals surface area contributed by atoms with Gasteiger partial charge in [0.05, 0.1) is 6.04 Å². The highest BCUT2D eigenvalue weighted by atomic mass is 15.2. The Morgan fingerprint density at radius 2 is 0.903 bits per heavy atom. The van der Waals surface area contributed by atoms with E-state index in [4.69, 9.17) is 0 Å². The maximum atomic E-state index is 2.57. The number of rotatable bonds is 11. The number of allylic oxidation sites excluding steroid dienone is 7. The Hall–Kier alpha value is -7.16. The first kappa shape index (κ1) is 39.0. The number of nitrogens with zero attached hydrogens (tertiary/aromatic N) is 2. The summed E-state index contributed by atoms with van der Waals surface area (Å²) in [5.41, 5.74) is 16.5. The van der Waals surface area contributed by atoms with E-state index in [0.717, 1.165) is 32.1 Å². The van der Waals surface area contributed by atoms with E-state index >= 15 is 0 Å². The van der Waals surface area contributed by atoms with E-state index in [-0.39, 0.29) is 6.04 Å². The summed E-state index contributed by atoms with van der Waals surface area (Å²) in [6.45, 7) is 0. The predicted octanol–water partition coefficient (Wildman–Crippen LogP) is 15.9. The third kappa shape index (κ3) is 8.55. The minimum atomic E-state index is 0.192. The third-order valence-corrected chi connectivity index (χ3v) is 12.9. The number of hydrogen-bond donors (Lipinski definition) is 0. The van der Waals surface area contributed by atoms with Crippen molar-refractivity contribution in [2.45, 2.75) is 50.1 Å². The van der Waals surface area contributed by atoms with Crippen molar-refractivity contribution in [1.29, 1.82) is 0 Å². The summed E-state index contributed by atoms with van der Waals surface area (Å²) < 4.78 is 0. The Morgan fingerprint density at radius 1 is 0.387 bits per heavy atom. The second-order valence-electron chi connectivity index (χ2n) is 16.7. The van der Waals surface area contributed by atoms with E-state index in [0.29, 0.717) is 12.0 Å². The zero-order valence-electron chi connectivity index (χ0n) is 35.2. The van der Waals surface area contributed by atoms with Gasteiger partial charge in [0.2, 0.25) is 0 Å². The molecule has 62 heavy (non-hydrogen) atoms. The van der Waals surface area contributed by atoms with Gasteiger partial charge in [-0.05, 0) is 131 Å². The lowest BCUT2D eigenvalue weighted by atomic mass is 9.89. The van der Waals surface area contributed by atoms with Crippen LogP contribution in [-0.2, 0) is 0 Å². The second kappa shape index (κ2) is 18.2. The molecule has 0 saturated heterocycles. The van der Waals surface area contributed by atoms with Gasteiger partial charge in [-0.2, -0.15) is 0 Å². The molecule has 0 fully saturated rings. The summed E-state index contributed by atoms with van der Waals surface area (Å²) >= 11 is 0. The molecule has 0 saturated carbocycles. The SMILES string of the molecule is C1=CCC(c2ccc(-c3ccc(N(c4ccccc4)C4C=CC(c5ccc(N(c6ccc(-c7ccccc7)cc6)C6CC=C(c7ccccc7)CC6)cc5)=CC4)cc3)cc2)C=C1. The molecule has 3 aliphatic carbocycles. The topological polar surface area (TPSA) is 6.48 Å². The van der Waals surface area contributed by atoms with E-state index < -0.39 is 0 Å². The van der Waals surface area contributed by atoms with E-state index in [1.807, 2.05) is 0 Å². The molecule has 3 unspecified atom stereocenters. The van der Waals surface area contributed by atoms with Gasteiger partial charge in [-0.1, -0.05) is 188 Å². The van der Waals surface area contributed by atoms with Gasteiger partial charge in [-0.15, -0.1) is 0 Å². The van der Waals surface area contributed by atoms with Crippen LogP contribution >= 0.6 is 0 Å². The largest absolute Gasteiger partial charge is 0.338 e. The Kier molecular flexibility index (Phi) is 11.5. The van der Waals surface area contributed by atoms with Crippen LogP contribution in [0.1, 0.15) is 54.7 Å². The molecule has 0 heterocycles. The van der Waals surface area contributed by atoms with Gasteiger partial charge in [0.1, 0.15) is 0 Å². The summed E-state index contributed by atoms with van der Waals surface area (Å²) in [7, 11) is 0. The summed E-state index contributed by atoms with van der Waals surface area (Å²) in [6.07, 6.45) is 23.6. The first-order chi connectivity index (χ1) is 30.7. The first-order valence-corrected chi connectivity index (χ1v) is 22.3. The third-order valence-electron chi connectivity index (χ3n) is 12.9. The quantitative estimate of drug-likeness (QED) is 0.129. The molecule has 0 bridgehead atoms. The van der Waals surface area contributed by atoms with Gasteiger partial charge in [0.25, 0.3) is 0 Å². The minimum absolute atomic E-state index is 0.192. The highest BCUT2D eigenvalue weighted by Crippen LogP contribution is 2.39. The lowest BCUT2D eigenvalue weighted by Gasteiger charge is -2.36. The standard InChI is InChI=1S/C60H52N2/c1-5-13-45(14-6-1)48-21-23-49(24-22-48)52-29-39-56(40-30-52)61(55-19-11-4-12-20-55)57-41-31-53(32-42-57)54-33-43-60(44-34-54)62(58-35-25-50(26-36-58)46-15-7-2-8-16-46)59-37-27-51(28-38-59)47-17-9-3-10-18-47/h1-13,15-27,29-36,39-41,43-45,57,59H,14,28,37-38,42H2. The van der Waals surface area contributed by atoms with Crippen molar-refractivity contribution in [2.24, 2.45) is 0 Å². The number of anilines is 4. The molecule has 0 aromatic heterocycles. The van der Waals surface area contributed by atoms with Crippen LogP contribution in [0.15, 0.2) is 237 Å². The monoisotopic (exact) mass is 800 g/mol. The molecule has 0 amide bonds. The number of benzene rings is 7. The average molecular weight is 801 g/mol. The first-order valence-electron chi connectivity index (χ1n) is 22.3. The van der Waals surface area contributed by atoms with Crippen molar-refractivity contribution in [1.82, 2.24) is 0 Å². The van der Waals surface area contributed by atoms with Crippen molar-refractivity contribution < 1.29 is 0 Å². The lowest BCUT2D eigenvalue weighted by molar-refractivity contribution is 0.598. The molecule has 3 atom stereocenters. The maximum Gasteiger partial charge on any atom is 0.0560 e. The number of para-hydroxylation sites is 1. The van der Waals surface area contributed by atoms with Crippen LogP contribution in [0.4, 0.5) is 22.7 Å². The highest BCUT2D eigenvalue weighted by molar-refractivity contribution is 5.79. The van der Waals surface area contributed by atoms with Crippen LogP contribution in [-0.4, -0.2) is 12.1 Å². The fourth-order valence-electron chi connectivity index (χ4n) is 9.50.